The Morgan fingerprint density at radius 1 is 1.33 bits per heavy atom. The molecule has 0 spiro atoms. The summed E-state index contributed by atoms with van der Waals surface area (Å²) in [4.78, 5) is 0. The van der Waals surface area contributed by atoms with Gasteiger partial charge in [-0.1, -0.05) is 24.6 Å². The molecule has 0 aromatic heterocycles. The number of hydrogen-bond donors (Lipinski definition) is 1. The van der Waals surface area contributed by atoms with Crippen LogP contribution in [0.2, 0.25) is 0 Å². The number of aryl methyl sites for hydroxylation is 2. The van der Waals surface area contributed by atoms with Crippen molar-refractivity contribution in [2.24, 2.45) is 5.73 Å². The van der Waals surface area contributed by atoms with Crippen LogP contribution >= 0.6 is 0 Å². The minimum Gasteiger partial charge on any atom is -0.490 e. The lowest BCUT2D eigenvalue weighted by molar-refractivity contribution is 0.188. The first-order chi connectivity index (χ1) is 7.17. The van der Waals surface area contributed by atoms with Crippen molar-refractivity contribution in [1.82, 2.24) is 0 Å². The number of benzene rings is 1. The second-order valence-electron chi connectivity index (χ2n) is 3.99. The molecule has 0 heterocycles. The first-order valence-corrected chi connectivity index (χ1v) is 5.61. The third-order valence-electron chi connectivity index (χ3n) is 2.57. The maximum Gasteiger partial charge on any atom is 0.122 e. The second kappa shape index (κ2) is 5.76. The van der Waals surface area contributed by atoms with Crippen LogP contribution in [0.4, 0.5) is 0 Å². The minimum atomic E-state index is 0.247. The van der Waals surface area contributed by atoms with Crippen molar-refractivity contribution in [1.29, 1.82) is 0 Å². The molecule has 0 saturated heterocycles. The van der Waals surface area contributed by atoms with Gasteiger partial charge in [0.2, 0.25) is 0 Å². The second-order valence-corrected chi connectivity index (χ2v) is 3.99. The highest BCUT2D eigenvalue weighted by Gasteiger charge is 2.08. The molecule has 0 saturated carbocycles. The lowest BCUT2D eigenvalue weighted by Crippen LogP contribution is -2.20. The van der Waals surface area contributed by atoms with Crippen molar-refractivity contribution in [2.45, 2.75) is 39.7 Å². The Balaban J connectivity index is 2.70. The molecule has 1 rings (SSSR count). The molecule has 2 heteroatoms. The molecule has 0 aliphatic rings. The molecule has 2 N–H and O–H groups in total. The Morgan fingerprint density at radius 2 is 2.07 bits per heavy atom. The fourth-order valence-electron chi connectivity index (χ4n) is 1.64. The quantitative estimate of drug-likeness (QED) is 0.805. The van der Waals surface area contributed by atoms with Crippen molar-refractivity contribution in [3.63, 3.8) is 0 Å². The lowest BCUT2D eigenvalue weighted by atomic mass is 10.1. The van der Waals surface area contributed by atoms with Crippen molar-refractivity contribution in [3.8, 4) is 5.75 Å². The van der Waals surface area contributed by atoms with Gasteiger partial charge in [-0.05, 0) is 44.9 Å². The van der Waals surface area contributed by atoms with E-state index in [1.54, 1.807) is 0 Å². The predicted octanol–water partition coefficient (Wildman–Crippen LogP) is 2.81. The van der Waals surface area contributed by atoms with Crippen LogP contribution < -0.4 is 10.5 Å². The minimum absolute atomic E-state index is 0.247. The highest BCUT2D eigenvalue weighted by atomic mass is 16.5. The van der Waals surface area contributed by atoms with Gasteiger partial charge in [-0.3, -0.25) is 0 Å². The van der Waals surface area contributed by atoms with Gasteiger partial charge < -0.3 is 10.5 Å². The highest BCUT2D eigenvalue weighted by molar-refractivity contribution is 5.35. The SMILES string of the molecule is CCC(CCN)Oc1ccc(C)cc1C. The molecule has 0 bridgehead atoms. The van der Waals surface area contributed by atoms with Crippen LogP contribution in [0.15, 0.2) is 18.2 Å². The molecule has 1 aromatic carbocycles. The number of rotatable bonds is 5. The molecular weight excluding hydrogens is 186 g/mol. The molecule has 1 atom stereocenters. The highest BCUT2D eigenvalue weighted by Crippen LogP contribution is 2.21. The Kier molecular flexibility index (Phi) is 4.63. The Bertz CT molecular complexity index is 309. The van der Waals surface area contributed by atoms with E-state index in [1.807, 2.05) is 6.07 Å². The number of ether oxygens (including phenoxy) is 1. The first kappa shape index (κ1) is 12.1. The van der Waals surface area contributed by atoms with E-state index in [2.05, 4.69) is 32.9 Å². The van der Waals surface area contributed by atoms with E-state index in [-0.39, 0.29) is 6.10 Å². The normalized spacial score (nSPS) is 12.5. The summed E-state index contributed by atoms with van der Waals surface area (Å²) < 4.78 is 5.91. The van der Waals surface area contributed by atoms with E-state index in [4.69, 9.17) is 10.5 Å². The van der Waals surface area contributed by atoms with Gasteiger partial charge in [-0.25, -0.2) is 0 Å². The molecule has 2 nitrogen and oxygen atoms in total. The van der Waals surface area contributed by atoms with Crippen LogP contribution in [0.1, 0.15) is 30.9 Å². The topological polar surface area (TPSA) is 35.2 Å². The van der Waals surface area contributed by atoms with Gasteiger partial charge in [0, 0.05) is 0 Å². The lowest BCUT2D eigenvalue weighted by Gasteiger charge is -2.18. The molecule has 15 heavy (non-hydrogen) atoms. The summed E-state index contributed by atoms with van der Waals surface area (Å²) >= 11 is 0. The number of nitrogens with two attached hydrogens (primary N) is 1. The van der Waals surface area contributed by atoms with E-state index in [0.29, 0.717) is 6.54 Å². The summed E-state index contributed by atoms with van der Waals surface area (Å²) in [5, 5.41) is 0. The molecule has 0 amide bonds. The van der Waals surface area contributed by atoms with Gasteiger partial charge in [-0.15, -0.1) is 0 Å². The van der Waals surface area contributed by atoms with Gasteiger partial charge in [0.05, 0.1) is 6.10 Å². The monoisotopic (exact) mass is 207 g/mol. The molecule has 1 unspecified atom stereocenters. The summed E-state index contributed by atoms with van der Waals surface area (Å²) in [6.07, 6.45) is 2.17. The fourth-order valence-corrected chi connectivity index (χ4v) is 1.64. The molecule has 0 radical (unpaired) electrons. The van der Waals surface area contributed by atoms with Gasteiger partial charge in [0.25, 0.3) is 0 Å². The van der Waals surface area contributed by atoms with Crippen molar-refractivity contribution >= 4 is 0 Å². The zero-order chi connectivity index (χ0) is 11.3. The summed E-state index contributed by atoms with van der Waals surface area (Å²) in [5.74, 6) is 0.987. The van der Waals surface area contributed by atoms with Gasteiger partial charge >= 0.3 is 0 Å². The third-order valence-corrected chi connectivity index (χ3v) is 2.57. The van der Waals surface area contributed by atoms with E-state index >= 15 is 0 Å². The Labute approximate surface area is 92.4 Å². The zero-order valence-electron chi connectivity index (χ0n) is 9.92. The first-order valence-electron chi connectivity index (χ1n) is 5.61. The van der Waals surface area contributed by atoms with Gasteiger partial charge in [0.15, 0.2) is 0 Å². The van der Waals surface area contributed by atoms with Crippen LogP contribution in [0.25, 0.3) is 0 Å². The maximum atomic E-state index is 5.91. The average molecular weight is 207 g/mol. The van der Waals surface area contributed by atoms with E-state index in [0.717, 1.165) is 18.6 Å². The Hall–Kier alpha value is -1.02. The molecule has 0 aliphatic carbocycles. The molecule has 0 aliphatic heterocycles. The van der Waals surface area contributed by atoms with Gasteiger partial charge in [-0.2, -0.15) is 0 Å². The van der Waals surface area contributed by atoms with Gasteiger partial charge in [0.1, 0.15) is 5.75 Å². The fraction of sp³-hybridized carbons (Fsp3) is 0.538. The summed E-state index contributed by atoms with van der Waals surface area (Å²) in [6.45, 7) is 6.98. The summed E-state index contributed by atoms with van der Waals surface area (Å²) in [7, 11) is 0. The van der Waals surface area contributed by atoms with Crippen molar-refractivity contribution in [3.05, 3.63) is 29.3 Å². The van der Waals surface area contributed by atoms with Crippen LogP contribution in [-0.2, 0) is 0 Å². The molecule has 84 valence electrons. The smallest absolute Gasteiger partial charge is 0.122 e. The zero-order valence-corrected chi connectivity index (χ0v) is 9.92. The molecule has 1 aromatic rings. The van der Waals surface area contributed by atoms with E-state index in [1.165, 1.54) is 11.1 Å². The number of hydrogen-bond acceptors (Lipinski definition) is 2. The summed E-state index contributed by atoms with van der Waals surface area (Å²) in [6, 6.07) is 6.27. The van der Waals surface area contributed by atoms with Crippen LogP contribution in [0.5, 0.6) is 5.75 Å². The van der Waals surface area contributed by atoms with Crippen LogP contribution in [0, 0.1) is 13.8 Å². The molecular formula is C13H21NO. The van der Waals surface area contributed by atoms with Crippen molar-refractivity contribution < 1.29 is 4.74 Å². The average Bonchev–Trinajstić information content (AvgIpc) is 2.21. The molecule has 0 fully saturated rings. The van der Waals surface area contributed by atoms with Crippen LogP contribution in [0.3, 0.4) is 0 Å². The Morgan fingerprint density at radius 3 is 2.60 bits per heavy atom. The van der Waals surface area contributed by atoms with E-state index < -0.39 is 0 Å². The van der Waals surface area contributed by atoms with E-state index in [9.17, 15) is 0 Å². The largest absolute Gasteiger partial charge is 0.490 e. The maximum absolute atomic E-state index is 5.91. The third kappa shape index (κ3) is 3.56. The predicted molar refractivity (Wildman–Crippen MR) is 64.3 cm³/mol. The van der Waals surface area contributed by atoms with Crippen molar-refractivity contribution in [2.75, 3.05) is 6.54 Å². The standard InChI is InChI=1S/C13H21NO/c1-4-12(7-8-14)15-13-6-5-10(2)9-11(13)3/h5-6,9,12H,4,7-8,14H2,1-3H3. The van der Waals surface area contributed by atoms with Crippen LogP contribution in [-0.4, -0.2) is 12.6 Å². The summed E-state index contributed by atoms with van der Waals surface area (Å²) in [5.41, 5.74) is 8.01.